The molecule has 4 aromatic carbocycles. The van der Waals surface area contributed by atoms with E-state index in [9.17, 15) is 9.18 Å². The summed E-state index contributed by atoms with van der Waals surface area (Å²) in [4.78, 5) is 14.3. The second-order valence-corrected chi connectivity index (χ2v) is 12.8. The molecule has 0 bridgehead atoms. The van der Waals surface area contributed by atoms with E-state index in [4.69, 9.17) is 0 Å². The van der Waals surface area contributed by atoms with Crippen LogP contribution in [0.2, 0.25) is 0 Å². The number of hydrogen-bond donors (Lipinski definition) is 1. The van der Waals surface area contributed by atoms with Gasteiger partial charge in [0.2, 0.25) is 0 Å². The molecule has 173 valence electrons. The number of aryl methyl sites for hydroxylation is 2. The number of carbonyl (C=O) groups excluding carboxylic acids is 1. The molecule has 1 saturated carbocycles. The van der Waals surface area contributed by atoms with Gasteiger partial charge in [0.15, 0.2) is 5.16 Å². The molecule has 5 rings (SSSR count). The van der Waals surface area contributed by atoms with E-state index in [1.807, 2.05) is 32.0 Å². The number of amides is 1. The van der Waals surface area contributed by atoms with Gasteiger partial charge in [-0.25, -0.2) is 4.39 Å². The predicted octanol–water partition coefficient (Wildman–Crippen LogP) is 5.91. The van der Waals surface area contributed by atoms with E-state index in [2.05, 4.69) is 78.1 Å². The van der Waals surface area contributed by atoms with Crippen LogP contribution in [0.3, 0.4) is 0 Å². The first-order valence-electron chi connectivity index (χ1n) is 11.6. The topological polar surface area (TPSA) is 29.1 Å². The zero-order chi connectivity index (χ0) is 23.8. The summed E-state index contributed by atoms with van der Waals surface area (Å²) in [7, 11) is -2.36. The Morgan fingerprint density at radius 1 is 0.743 bits per heavy atom. The van der Waals surface area contributed by atoms with Crippen molar-refractivity contribution in [3.8, 4) is 0 Å². The minimum absolute atomic E-state index is 0. The Labute approximate surface area is 232 Å². The number of carbonyl (C=O) groups is 1. The van der Waals surface area contributed by atoms with Gasteiger partial charge in [-0.05, 0) is 73.5 Å². The summed E-state index contributed by atoms with van der Waals surface area (Å²) in [5.74, 6) is -0.260. The molecule has 1 aliphatic carbocycles. The summed E-state index contributed by atoms with van der Waals surface area (Å²) in [5.41, 5.74) is 2.19. The van der Waals surface area contributed by atoms with Crippen LogP contribution in [0.1, 0.15) is 24.0 Å². The van der Waals surface area contributed by atoms with E-state index in [-0.39, 0.29) is 44.4 Å². The van der Waals surface area contributed by atoms with Crippen molar-refractivity contribution in [2.75, 3.05) is 5.32 Å². The van der Waals surface area contributed by atoms with Gasteiger partial charge in [-0.3, -0.25) is 4.79 Å². The van der Waals surface area contributed by atoms with Gasteiger partial charge in [-0.1, -0.05) is 54.6 Å². The Balaban J connectivity index is 0.00000289. The van der Waals surface area contributed by atoms with Crippen LogP contribution in [0.25, 0.3) is 0 Å². The second kappa shape index (κ2) is 10.4. The fraction of sp³-hybridized carbons (Fsp3) is 0.167. The van der Waals surface area contributed by atoms with Gasteiger partial charge in [0.1, 0.15) is 29.0 Å². The molecular formula is C30H28FNOPY+. The average molecular weight is 557 g/mol. The molecule has 0 unspecified atom stereocenters. The maximum atomic E-state index is 14.3. The fourth-order valence-corrected chi connectivity index (χ4v) is 10.7. The molecular weight excluding hydrogens is 529 g/mol. The third kappa shape index (κ3) is 4.44. The van der Waals surface area contributed by atoms with Gasteiger partial charge in [-0.2, -0.15) is 0 Å². The third-order valence-electron chi connectivity index (χ3n) is 6.95. The van der Waals surface area contributed by atoms with Crippen LogP contribution in [0.15, 0.2) is 103 Å². The minimum atomic E-state index is -2.36. The van der Waals surface area contributed by atoms with Gasteiger partial charge in [-0.15, -0.1) is 0 Å². The second-order valence-electron chi connectivity index (χ2n) is 9.08. The van der Waals surface area contributed by atoms with Crippen molar-refractivity contribution in [1.82, 2.24) is 0 Å². The molecule has 4 aromatic rings. The first-order valence-corrected chi connectivity index (χ1v) is 13.4. The van der Waals surface area contributed by atoms with Gasteiger partial charge in [0, 0.05) is 51.2 Å². The van der Waals surface area contributed by atoms with E-state index < -0.39 is 12.4 Å². The number of benzene rings is 4. The van der Waals surface area contributed by atoms with Crippen LogP contribution in [-0.2, 0) is 37.5 Å². The van der Waals surface area contributed by atoms with Gasteiger partial charge < -0.3 is 5.32 Å². The maximum absolute atomic E-state index is 14.3. The van der Waals surface area contributed by atoms with Crippen LogP contribution >= 0.6 is 7.26 Å². The molecule has 0 atom stereocenters. The third-order valence-corrected chi connectivity index (χ3v) is 12.1. The van der Waals surface area contributed by atoms with Gasteiger partial charge in [0.25, 0.3) is 5.91 Å². The standard InChI is InChI=1S/C30H27FNOP.Y/c1-22-20-24(31)21-23(2)28(22)32-29(33)30(18-19-30)34(25-12-6-3-7-13-25,26-14-8-4-9-15-26)27-16-10-5-11-17-27;/h3-17,20-21H,18-19H2,1-2H3;/p+1. The molecule has 2 nitrogen and oxygen atoms in total. The Bertz CT molecular complexity index is 1200. The van der Waals surface area contributed by atoms with Gasteiger partial charge in [0.05, 0.1) is 0 Å². The van der Waals surface area contributed by atoms with E-state index >= 15 is 0 Å². The summed E-state index contributed by atoms with van der Waals surface area (Å²) in [6, 6.07) is 34.5. The van der Waals surface area contributed by atoms with Crippen molar-refractivity contribution < 1.29 is 41.9 Å². The van der Waals surface area contributed by atoms with Crippen LogP contribution in [0, 0.1) is 19.7 Å². The van der Waals surface area contributed by atoms with Crippen LogP contribution in [0.4, 0.5) is 10.1 Å². The molecule has 0 spiro atoms. The van der Waals surface area contributed by atoms with Crippen molar-refractivity contribution in [2.45, 2.75) is 31.8 Å². The van der Waals surface area contributed by atoms with E-state index in [1.54, 1.807) is 0 Å². The number of rotatable bonds is 6. The van der Waals surface area contributed by atoms with Crippen molar-refractivity contribution >= 4 is 34.8 Å². The van der Waals surface area contributed by atoms with Crippen molar-refractivity contribution in [2.24, 2.45) is 0 Å². The van der Waals surface area contributed by atoms with Crippen LogP contribution in [0.5, 0.6) is 0 Å². The maximum Gasteiger partial charge on any atom is 0.269 e. The fourth-order valence-electron chi connectivity index (χ4n) is 5.31. The normalized spacial score (nSPS) is 14.0. The van der Waals surface area contributed by atoms with Crippen molar-refractivity contribution in [3.63, 3.8) is 0 Å². The molecule has 0 heterocycles. The van der Waals surface area contributed by atoms with Crippen molar-refractivity contribution in [3.05, 3.63) is 120 Å². The first kappa shape index (κ1) is 25.9. The smallest absolute Gasteiger partial charge is 0.269 e. The number of halogens is 1. The molecule has 1 fully saturated rings. The van der Waals surface area contributed by atoms with E-state index in [1.165, 1.54) is 28.0 Å². The first-order chi connectivity index (χ1) is 16.5. The molecule has 0 aromatic heterocycles. The van der Waals surface area contributed by atoms with Crippen molar-refractivity contribution in [1.29, 1.82) is 0 Å². The molecule has 1 aliphatic rings. The SMILES string of the molecule is Cc1cc(F)cc(C)c1NC(=O)C1([P+](c2ccccc2)(c2ccccc2)c2ccccc2)CC1.[Y]. The largest absolute Gasteiger partial charge is 0.322 e. The molecule has 5 heteroatoms. The van der Waals surface area contributed by atoms with E-state index in [0.29, 0.717) is 5.69 Å². The van der Waals surface area contributed by atoms with Crippen LogP contribution in [-0.4, -0.2) is 11.1 Å². The number of anilines is 1. The molecule has 1 N–H and O–H groups in total. The Morgan fingerprint density at radius 3 is 1.46 bits per heavy atom. The molecule has 1 radical (unpaired) electrons. The molecule has 35 heavy (non-hydrogen) atoms. The van der Waals surface area contributed by atoms with E-state index in [0.717, 1.165) is 24.0 Å². The Hall–Kier alpha value is -2.19. The predicted molar refractivity (Wildman–Crippen MR) is 142 cm³/mol. The monoisotopic (exact) mass is 557 g/mol. The molecule has 0 saturated heterocycles. The summed E-state index contributed by atoms with van der Waals surface area (Å²) in [6.45, 7) is 3.69. The summed E-state index contributed by atoms with van der Waals surface area (Å²) in [5, 5.41) is 6.28. The average Bonchev–Trinajstić information content (AvgIpc) is 3.66. The minimum Gasteiger partial charge on any atom is -0.322 e. The van der Waals surface area contributed by atoms with Crippen LogP contribution < -0.4 is 21.2 Å². The zero-order valence-corrected chi connectivity index (χ0v) is 23.8. The zero-order valence-electron chi connectivity index (χ0n) is 20.0. The number of hydrogen-bond acceptors (Lipinski definition) is 1. The summed E-state index contributed by atoms with van der Waals surface area (Å²) < 4.78 is 13.9. The quantitative estimate of drug-likeness (QED) is 0.294. The summed E-state index contributed by atoms with van der Waals surface area (Å²) in [6.07, 6.45) is 1.62. The molecule has 0 aliphatic heterocycles. The van der Waals surface area contributed by atoms with Gasteiger partial charge >= 0.3 is 0 Å². The summed E-state index contributed by atoms with van der Waals surface area (Å²) >= 11 is 0. The number of nitrogens with one attached hydrogen (secondary N) is 1. The Kier molecular flexibility index (Phi) is 7.72. The molecule has 1 amide bonds. The Morgan fingerprint density at radius 2 is 1.11 bits per heavy atom.